The number of nitrogens with one attached hydrogen (secondary N) is 1. The van der Waals surface area contributed by atoms with Gasteiger partial charge in [0.15, 0.2) is 5.69 Å². The van der Waals surface area contributed by atoms with Gasteiger partial charge in [0.25, 0.3) is 5.91 Å². The van der Waals surface area contributed by atoms with Crippen LogP contribution >= 0.6 is 0 Å². The lowest BCUT2D eigenvalue weighted by Crippen LogP contribution is -2.31. The van der Waals surface area contributed by atoms with Crippen molar-refractivity contribution >= 4 is 11.9 Å². The van der Waals surface area contributed by atoms with E-state index >= 15 is 0 Å². The molecular formula is C22H23N3O4. The highest BCUT2D eigenvalue weighted by atomic mass is 16.4. The van der Waals surface area contributed by atoms with E-state index in [2.05, 4.69) is 10.4 Å². The van der Waals surface area contributed by atoms with E-state index in [1.165, 1.54) is 10.7 Å². The number of nitrogens with zero attached hydrogens (tertiary/aromatic N) is 2. The lowest BCUT2D eigenvalue weighted by atomic mass is 9.98. The summed E-state index contributed by atoms with van der Waals surface area (Å²) in [5.74, 6) is -1.76. The van der Waals surface area contributed by atoms with Crippen molar-refractivity contribution in [1.29, 1.82) is 0 Å². The average Bonchev–Trinajstić information content (AvgIpc) is 3.02. The molecule has 29 heavy (non-hydrogen) atoms. The highest BCUT2D eigenvalue weighted by Gasteiger charge is 2.23. The van der Waals surface area contributed by atoms with Crippen molar-refractivity contribution in [1.82, 2.24) is 15.1 Å². The van der Waals surface area contributed by atoms with Crippen LogP contribution in [0.5, 0.6) is 5.88 Å². The second kappa shape index (κ2) is 8.18. The van der Waals surface area contributed by atoms with Crippen molar-refractivity contribution < 1.29 is 19.8 Å². The van der Waals surface area contributed by atoms with Gasteiger partial charge in [0.1, 0.15) is 0 Å². The van der Waals surface area contributed by atoms with E-state index in [0.717, 1.165) is 22.3 Å². The predicted octanol–water partition coefficient (Wildman–Crippen LogP) is 3.45. The molecule has 1 unspecified atom stereocenters. The molecule has 1 atom stereocenters. The Hall–Kier alpha value is -3.61. The zero-order chi connectivity index (χ0) is 21.1. The predicted molar refractivity (Wildman–Crippen MR) is 108 cm³/mol. The van der Waals surface area contributed by atoms with E-state index in [4.69, 9.17) is 0 Å². The van der Waals surface area contributed by atoms with Crippen LogP contribution in [-0.4, -0.2) is 31.9 Å². The molecule has 2 aromatic carbocycles. The molecule has 0 fully saturated rings. The molecule has 0 spiro atoms. The molecule has 1 amide bonds. The molecule has 0 aliphatic carbocycles. The molecule has 0 radical (unpaired) electrons. The van der Waals surface area contributed by atoms with Crippen molar-refractivity contribution in [2.75, 3.05) is 0 Å². The van der Waals surface area contributed by atoms with Crippen molar-refractivity contribution in [3.8, 4) is 11.6 Å². The molecule has 7 nitrogen and oxygen atoms in total. The standard InChI is InChI=1S/C22H23N3O4/c1-13-8-14(2)10-16(9-13)25-20(26)11-19(24-25)22(29)23-18(12-21(27)28)17-7-5-4-6-15(17)3/h4-11,18,26H,12H2,1-3H3,(H,23,29)(H,27,28). The Morgan fingerprint density at radius 1 is 1.07 bits per heavy atom. The molecule has 0 saturated carbocycles. The van der Waals surface area contributed by atoms with E-state index in [1.54, 1.807) is 12.1 Å². The number of benzene rings is 2. The summed E-state index contributed by atoms with van der Waals surface area (Å²) in [7, 11) is 0. The van der Waals surface area contributed by atoms with Crippen LogP contribution in [0.1, 0.15) is 45.2 Å². The van der Waals surface area contributed by atoms with Crippen LogP contribution in [0.2, 0.25) is 0 Å². The van der Waals surface area contributed by atoms with Crippen LogP contribution in [0.15, 0.2) is 48.5 Å². The van der Waals surface area contributed by atoms with Gasteiger partial charge < -0.3 is 15.5 Å². The Labute approximate surface area is 168 Å². The van der Waals surface area contributed by atoms with Gasteiger partial charge in [0, 0.05) is 6.07 Å². The minimum absolute atomic E-state index is 0.00521. The zero-order valence-corrected chi connectivity index (χ0v) is 16.5. The number of carbonyl (C=O) groups excluding carboxylic acids is 1. The second-order valence-electron chi connectivity index (χ2n) is 7.13. The lowest BCUT2D eigenvalue weighted by molar-refractivity contribution is -0.137. The summed E-state index contributed by atoms with van der Waals surface area (Å²) in [6, 6.07) is 13.5. The van der Waals surface area contributed by atoms with Gasteiger partial charge in [0.05, 0.1) is 18.2 Å². The molecule has 1 aromatic heterocycles. The van der Waals surface area contributed by atoms with Crippen molar-refractivity contribution in [2.24, 2.45) is 0 Å². The molecular weight excluding hydrogens is 370 g/mol. The van der Waals surface area contributed by atoms with Crippen LogP contribution < -0.4 is 5.32 Å². The zero-order valence-electron chi connectivity index (χ0n) is 16.5. The van der Waals surface area contributed by atoms with E-state index in [0.29, 0.717) is 5.69 Å². The maximum Gasteiger partial charge on any atom is 0.305 e. The number of carboxylic acid groups (broad SMARTS) is 1. The van der Waals surface area contributed by atoms with Gasteiger partial charge in [-0.15, -0.1) is 0 Å². The number of aromatic hydroxyl groups is 1. The Balaban J connectivity index is 1.89. The highest BCUT2D eigenvalue weighted by molar-refractivity contribution is 5.93. The van der Waals surface area contributed by atoms with E-state index in [-0.39, 0.29) is 18.0 Å². The Kier molecular flexibility index (Phi) is 5.68. The minimum atomic E-state index is -1.03. The van der Waals surface area contributed by atoms with E-state index in [9.17, 15) is 19.8 Å². The summed E-state index contributed by atoms with van der Waals surface area (Å²) in [4.78, 5) is 24.1. The highest BCUT2D eigenvalue weighted by Crippen LogP contribution is 2.23. The molecule has 0 saturated heterocycles. The quantitative estimate of drug-likeness (QED) is 0.595. The molecule has 3 rings (SSSR count). The smallest absolute Gasteiger partial charge is 0.305 e. The maximum absolute atomic E-state index is 12.8. The van der Waals surface area contributed by atoms with Crippen LogP contribution in [0.25, 0.3) is 5.69 Å². The summed E-state index contributed by atoms with van der Waals surface area (Å²) in [6.07, 6.45) is -0.264. The number of aromatic nitrogens is 2. The summed E-state index contributed by atoms with van der Waals surface area (Å²) < 4.78 is 1.29. The second-order valence-corrected chi connectivity index (χ2v) is 7.13. The largest absolute Gasteiger partial charge is 0.493 e. The Morgan fingerprint density at radius 3 is 2.34 bits per heavy atom. The molecule has 0 bridgehead atoms. The number of rotatable bonds is 6. The number of aryl methyl sites for hydroxylation is 3. The van der Waals surface area contributed by atoms with Crippen LogP contribution in [-0.2, 0) is 4.79 Å². The molecule has 3 aromatic rings. The van der Waals surface area contributed by atoms with Crippen molar-refractivity contribution in [2.45, 2.75) is 33.2 Å². The first-order chi connectivity index (χ1) is 13.7. The molecule has 7 heteroatoms. The topological polar surface area (TPSA) is 104 Å². The van der Waals surface area contributed by atoms with Crippen LogP contribution in [0.3, 0.4) is 0 Å². The molecule has 1 heterocycles. The normalized spacial score (nSPS) is 11.8. The first kappa shape index (κ1) is 20.1. The fourth-order valence-corrected chi connectivity index (χ4v) is 3.37. The molecule has 0 aliphatic heterocycles. The maximum atomic E-state index is 12.8. The first-order valence-corrected chi connectivity index (χ1v) is 9.20. The third-order valence-corrected chi connectivity index (χ3v) is 4.62. The fourth-order valence-electron chi connectivity index (χ4n) is 3.37. The van der Waals surface area contributed by atoms with E-state index < -0.39 is 17.9 Å². The van der Waals surface area contributed by atoms with Gasteiger partial charge in [-0.2, -0.15) is 5.10 Å². The number of carboxylic acids is 1. The van der Waals surface area contributed by atoms with E-state index in [1.807, 2.05) is 51.1 Å². The van der Waals surface area contributed by atoms with Gasteiger partial charge in [-0.1, -0.05) is 30.3 Å². The number of amides is 1. The van der Waals surface area contributed by atoms with Gasteiger partial charge in [0.2, 0.25) is 5.88 Å². The summed E-state index contributed by atoms with van der Waals surface area (Å²) in [6.45, 7) is 5.73. The fraction of sp³-hybridized carbons (Fsp3) is 0.227. The summed E-state index contributed by atoms with van der Waals surface area (Å²) in [5.41, 5.74) is 4.25. The van der Waals surface area contributed by atoms with Crippen LogP contribution in [0.4, 0.5) is 0 Å². The lowest BCUT2D eigenvalue weighted by Gasteiger charge is -2.18. The number of carbonyl (C=O) groups is 2. The van der Waals surface area contributed by atoms with Gasteiger partial charge in [-0.3, -0.25) is 9.59 Å². The van der Waals surface area contributed by atoms with Crippen LogP contribution in [0, 0.1) is 20.8 Å². The Bertz CT molecular complexity index is 1050. The molecule has 150 valence electrons. The molecule has 3 N–H and O–H groups in total. The monoisotopic (exact) mass is 393 g/mol. The van der Waals surface area contributed by atoms with Crippen molar-refractivity contribution in [3.63, 3.8) is 0 Å². The van der Waals surface area contributed by atoms with Gasteiger partial charge in [-0.05, 0) is 55.2 Å². The summed E-state index contributed by atoms with van der Waals surface area (Å²) in [5, 5.41) is 26.5. The average molecular weight is 393 g/mol. The Morgan fingerprint density at radius 2 is 1.72 bits per heavy atom. The minimum Gasteiger partial charge on any atom is -0.493 e. The van der Waals surface area contributed by atoms with Crippen molar-refractivity contribution in [3.05, 3.63) is 76.5 Å². The van der Waals surface area contributed by atoms with Gasteiger partial charge in [-0.25, -0.2) is 4.68 Å². The number of hydrogen-bond donors (Lipinski definition) is 3. The summed E-state index contributed by atoms with van der Waals surface area (Å²) >= 11 is 0. The molecule has 0 aliphatic rings. The first-order valence-electron chi connectivity index (χ1n) is 9.20. The number of hydrogen-bond acceptors (Lipinski definition) is 4. The SMILES string of the molecule is Cc1cc(C)cc(-n2nc(C(=O)NC(CC(=O)O)c3ccccc3C)cc2O)c1. The third kappa shape index (κ3) is 4.63. The number of aliphatic carboxylic acids is 1. The third-order valence-electron chi connectivity index (χ3n) is 4.62. The van der Waals surface area contributed by atoms with Gasteiger partial charge >= 0.3 is 5.97 Å².